The highest BCUT2D eigenvalue weighted by Gasteiger charge is 2.17. The molecule has 3 nitrogen and oxygen atoms in total. The summed E-state index contributed by atoms with van der Waals surface area (Å²) in [5.74, 6) is 0.223. The van der Waals surface area contributed by atoms with Crippen molar-refractivity contribution < 1.29 is 9.53 Å². The molecule has 3 heteroatoms. The van der Waals surface area contributed by atoms with Crippen LogP contribution in [0.15, 0.2) is 79.0 Å². The van der Waals surface area contributed by atoms with E-state index in [1.54, 1.807) is 0 Å². The predicted octanol–water partition coefficient (Wildman–Crippen LogP) is 5.67. The van der Waals surface area contributed by atoms with Gasteiger partial charge in [-0.3, -0.25) is 9.78 Å². The second-order valence-corrected chi connectivity index (χ2v) is 6.97. The summed E-state index contributed by atoms with van der Waals surface area (Å²) in [6.07, 6.45) is 2.05. The summed E-state index contributed by atoms with van der Waals surface area (Å²) in [6, 6.07) is 23.8. The zero-order chi connectivity index (χ0) is 19.5. The van der Waals surface area contributed by atoms with Crippen molar-refractivity contribution in [3.63, 3.8) is 0 Å². The van der Waals surface area contributed by atoms with Crippen LogP contribution in [0.1, 0.15) is 16.7 Å². The van der Waals surface area contributed by atoms with Crippen LogP contribution in [0.3, 0.4) is 0 Å². The lowest BCUT2D eigenvalue weighted by atomic mass is 10.0. The van der Waals surface area contributed by atoms with Crippen LogP contribution < -0.4 is 4.74 Å². The van der Waals surface area contributed by atoms with Gasteiger partial charge in [0, 0.05) is 22.5 Å². The van der Waals surface area contributed by atoms with E-state index in [0.29, 0.717) is 11.4 Å². The van der Waals surface area contributed by atoms with Gasteiger partial charge in [0.1, 0.15) is 5.69 Å². The highest BCUT2D eigenvalue weighted by atomic mass is 16.5. The Morgan fingerprint density at radius 2 is 1.61 bits per heavy atom. The topological polar surface area (TPSA) is 39.2 Å². The first kappa shape index (κ1) is 17.9. The molecule has 0 spiro atoms. The number of aryl methyl sites for hydroxylation is 2. The fourth-order valence-electron chi connectivity index (χ4n) is 3.27. The van der Waals surface area contributed by atoms with Crippen molar-refractivity contribution in [1.82, 2.24) is 4.98 Å². The highest BCUT2D eigenvalue weighted by molar-refractivity contribution is 5.95. The molecule has 0 atom stereocenters. The summed E-state index contributed by atoms with van der Waals surface area (Å²) in [4.78, 5) is 17.4. The lowest BCUT2D eigenvalue weighted by molar-refractivity contribution is -0.133. The Bertz CT molecular complexity index is 1150. The smallest absolute Gasteiger partial charge is 0.315 e. The molecule has 4 rings (SSSR count). The Morgan fingerprint density at radius 3 is 2.39 bits per heavy atom. The highest BCUT2D eigenvalue weighted by Crippen LogP contribution is 2.35. The van der Waals surface area contributed by atoms with E-state index in [2.05, 4.69) is 4.98 Å². The monoisotopic (exact) mass is 367 g/mol. The van der Waals surface area contributed by atoms with Gasteiger partial charge in [0.05, 0.1) is 6.42 Å². The third-order valence-electron chi connectivity index (χ3n) is 4.89. The molecule has 0 N–H and O–H groups in total. The molecule has 0 bridgehead atoms. The maximum atomic E-state index is 12.8. The van der Waals surface area contributed by atoms with Gasteiger partial charge in [-0.25, -0.2) is 0 Å². The Hall–Kier alpha value is -3.46. The van der Waals surface area contributed by atoms with E-state index in [4.69, 9.17) is 4.74 Å². The molecule has 1 heterocycles. The van der Waals surface area contributed by atoms with Gasteiger partial charge < -0.3 is 4.74 Å². The van der Waals surface area contributed by atoms with Crippen molar-refractivity contribution in [2.24, 2.45) is 0 Å². The van der Waals surface area contributed by atoms with Crippen LogP contribution in [0, 0.1) is 13.8 Å². The predicted molar refractivity (Wildman–Crippen MR) is 112 cm³/mol. The summed E-state index contributed by atoms with van der Waals surface area (Å²) >= 11 is 0. The van der Waals surface area contributed by atoms with Crippen LogP contribution in [0.2, 0.25) is 0 Å². The molecule has 28 heavy (non-hydrogen) atoms. The van der Waals surface area contributed by atoms with Gasteiger partial charge in [0.25, 0.3) is 0 Å². The lowest BCUT2D eigenvalue weighted by Gasteiger charge is -2.13. The maximum absolute atomic E-state index is 12.8. The largest absolute Gasteiger partial charge is 0.423 e. The molecule has 0 radical (unpaired) electrons. The third-order valence-corrected chi connectivity index (χ3v) is 4.89. The number of fused-ring (bicyclic) bond motifs is 1. The molecule has 1 aromatic heterocycles. The van der Waals surface area contributed by atoms with Crippen molar-refractivity contribution in [3.05, 3.63) is 95.7 Å². The molecule has 0 amide bonds. The lowest BCUT2D eigenvalue weighted by Crippen LogP contribution is -2.13. The van der Waals surface area contributed by atoms with Crippen LogP contribution in [-0.2, 0) is 11.2 Å². The van der Waals surface area contributed by atoms with Crippen LogP contribution in [0.5, 0.6) is 5.75 Å². The zero-order valence-electron chi connectivity index (χ0n) is 16.0. The number of pyridine rings is 1. The van der Waals surface area contributed by atoms with E-state index in [1.165, 1.54) is 5.56 Å². The van der Waals surface area contributed by atoms with Gasteiger partial charge in [0.2, 0.25) is 0 Å². The first-order chi connectivity index (χ1) is 13.6. The summed E-state index contributed by atoms with van der Waals surface area (Å²) in [7, 11) is 0. The molecule has 3 aromatic carbocycles. The standard InChI is InChI=1S/C25H21NO2/c1-17-11-13-19(14-12-17)24-25(22-10-6-5-9-21(22)16-26-24)28-23(27)15-20-8-4-3-7-18(20)2/h3-14,16H,15H2,1-2H3. The van der Waals surface area contributed by atoms with Gasteiger partial charge in [-0.1, -0.05) is 78.4 Å². The number of carbonyl (C=O) groups is 1. The van der Waals surface area contributed by atoms with Crippen LogP contribution in [0.4, 0.5) is 0 Å². The molecular formula is C25H21NO2. The molecule has 0 aliphatic rings. The summed E-state index contributed by atoms with van der Waals surface area (Å²) in [5, 5.41) is 1.82. The van der Waals surface area contributed by atoms with Gasteiger partial charge >= 0.3 is 5.97 Å². The van der Waals surface area contributed by atoms with Crippen molar-refractivity contribution in [2.75, 3.05) is 0 Å². The van der Waals surface area contributed by atoms with Crippen molar-refractivity contribution in [1.29, 1.82) is 0 Å². The second kappa shape index (κ2) is 7.65. The minimum atomic E-state index is -0.291. The van der Waals surface area contributed by atoms with E-state index in [-0.39, 0.29) is 12.4 Å². The van der Waals surface area contributed by atoms with Crippen LogP contribution >= 0.6 is 0 Å². The maximum Gasteiger partial charge on any atom is 0.315 e. The molecule has 0 aliphatic carbocycles. The number of carbonyl (C=O) groups excluding carboxylic acids is 1. The van der Waals surface area contributed by atoms with E-state index in [9.17, 15) is 4.79 Å². The molecule has 138 valence electrons. The van der Waals surface area contributed by atoms with Crippen LogP contribution in [-0.4, -0.2) is 11.0 Å². The number of ether oxygens (including phenoxy) is 1. The number of esters is 1. The minimum Gasteiger partial charge on any atom is -0.423 e. The Labute approximate surface area is 164 Å². The number of rotatable bonds is 4. The van der Waals surface area contributed by atoms with Crippen molar-refractivity contribution in [2.45, 2.75) is 20.3 Å². The Kier molecular flexibility index (Phi) is 4.90. The average molecular weight is 367 g/mol. The summed E-state index contributed by atoms with van der Waals surface area (Å²) in [5.41, 5.74) is 4.82. The van der Waals surface area contributed by atoms with Crippen LogP contribution in [0.25, 0.3) is 22.0 Å². The summed E-state index contributed by atoms with van der Waals surface area (Å²) in [6.45, 7) is 4.04. The molecule has 4 aromatic rings. The number of benzene rings is 3. The first-order valence-electron chi connectivity index (χ1n) is 9.32. The molecule has 0 saturated heterocycles. The Morgan fingerprint density at radius 1 is 0.893 bits per heavy atom. The van der Waals surface area contributed by atoms with Gasteiger partial charge in [0.15, 0.2) is 5.75 Å². The fourth-order valence-corrected chi connectivity index (χ4v) is 3.27. The number of hydrogen-bond acceptors (Lipinski definition) is 3. The number of hydrogen-bond donors (Lipinski definition) is 0. The average Bonchev–Trinajstić information content (AvgIpc) is 2.71. The minimum absolute atomic E-state index is 0.225. The first-order valence-corrected chi connectivity index (χ1v) is 9.32. The molecule has 0 fully saturated rings. The van der Waals surface area contributed by atoms with E-state index in [0.717, 1.165) is 27.5 Å². The summed E-state index contributed by atoms with van der Waals surface area (Å²) < 4.78 is 5.90. The Balaban J connectivity index is 1.75. The van der Waals surface area contributed by atoms with Gasteiger partial charge in [-0.05, 0) is 25.0 Å². The third kappa shape index (κ3) is 3.65. The number of aromatic nitrogens is 1. The van der Waals surface area contributed by atoms with Gasteiger partial charge in [-0.2, -0.15) is 0 Å². The second-order valence-electron chi connectivity index (χ2n) is 6.97. The number of nitrogens with zero attached hydrogens (tertiary/aromatic N) is 1. The molecular weight excluding hydrogens is 346 g/mol. The quantitative estimate of drug-likeness (QED) is 0.437. The van der Waals surface area contributed by atoms with E-state index >= 15 is 0 Å². The normalized spacial score (nSPS) is 10.8. The zero-order valence-corrected chi connectivity index (χ0v) is 16.0. The van der Waals surface area contributed by atoms with E-state index in [1.807, 2.05) is 92.8 Å². The van der Waals surface area contributed by atoms with Gasteiger partial charge in [-0.15, -0.1) is 0 Å². The van der Waals surface area contributed by atoms with E-state index < -0.39 is 0 Å². The molecule has 0 saturated carbocycles. The van der Waals surface area contributed by atoms with Crippen molar-refractivity contribution in [3.8, 4) is 17.0 Å². The van der Waals surface area contributed by atoms with Crippen molar-refractivity contribution >= 4 is 16.7 Å². The SMILES string of the molecule is Cc1ccc(-c2ncc3ccccc3c2OC(=O)Cc2ccccc2C)cc1. The molecule has 0 aliphatic heterocycles. The molecule has 0 unspecified atom stereocenters. The fraction of sp³-hybridized carbons (Fsp3) is 0.120.